The largest absolute Gasteiger partial charge is 0.490 e. The molecule has 142 valence electrons. The van der Waals surface area contributed by atoms with E-state index in [2.05, 4.69) is 5.32 Å². The van der Waals surface area contributed by atoms with Crippen LogP contribution in [0.2, 0.25) is 0 Å². The van der Waals surface area contributed by atoms with Crippen LogP contribution in [0.4, 0.5) is 17.1 Å². The van der Waals surface area contributed by atoms with Gasteiger partial charge in [-0.2, -0.15) is 0 Å². The average Bonchev–Trinajstić information content (AvgIpc) is 3.14. The molecule has 0 aromatic heterocycles. The Balaban J connectivity index is 1.80. The Morgan fingerprint density at radius 2 is 1.93 bits per heavy atom. The number of hydrogen-bond acceptors (Lipinski definition) is 5. The number of ether oxygens (including phenoxy) is 1. The van der Waals surface area contributed by atoms with Crippen molar-refractivity contribution in [2.75, 3.05) is 24.3 Å². The molecule has 1 aliphatic carbocycles. The van der Waals surface area contributed by atoms with Gasteiger partial charge in [-0.25, -0.2) is 0 Å². The Morgan fingerprint density at radius 3 is 2.59 bits per heavy atom. The molecule has 0 saturated heterocycles. The van der Waals surface area contributed by atoms with Gasteiger partial charge in [0.2, 0.25) is 0 Å². The second-order valence-corrected chi connectivity index (χ2v) is 6.86. The highest BCUT2D eigenvalue weighted by atomic mass is 16.6. The third-order valence-electron chi connectivity index (χ3n) is 4.61. The normalized spacial score (nSPS) is 14.0. The molecule has 2 aromatic carbocycles. The van der Waals surface area contributed by atoms with Gasteiger partial charge in [-0.3, -0.25) is 14.9 Å². The van der Waals surface area contributed by atoms with E-state index in [1.807, 2.05) is 12.1 Å². The topological polar surface area (TPSA) is 84.7 Å². The average molecular weight is 369 g/mol. The summed E-state index contributed by atoms with van der Waals surface area (Å²) in [5.74, 6) is 0.312. The maximum atomic E-state index is 12.8. The quantitative estimate of drug-likeness (QED) is 0.608. The van der Waals surface area contributed by atoms with Crippen LogP contribution in [0.3, 0.4) is 0 Å². The molecule has 1 amide bonds. The summed E-state index contributed by atoms with van der Waals surface area (Å²) in [5, 5.41) is 13.9. The molecule has 7 heteroatoms. The lowest BCUT2D eigenvalue weighted by molar-refractivity contribution is -0.384. The van der Waals surface area contributed by atoms with E-state index in [4.69, 9.17) is 4.74 Å². The fourth-order valence-corrected chi connectivity index (χ4v) is 3.25. The summed E-state index contributed by atoms with van der Waals surface area (Å²) in [4.78, 5) is 25.1. The zero-order valence-electron chi connectivity index (χ0n) is 15.5. The van der Waals surface area contributed by atoms with Gasteiger partial charge >= 0.3 is 0 Å². The maximum Gasteiger partial charge on any atom is 0.270 e. The van der Waals surface area contributed by atoms with Gasteiger partial charge in [-0.05, 0) is 43.9 Å². The molecule has 7 nitrogen and oxygen atoms in total. The van der Waals surface area contributed by atoms with Crippen molar-refractivity contribution < 1.29 is 14.5 Å². The van der Waals surface area contributed by atoms with Crippen molar-refractivity contribution in [1.29, 1.82) is 0 Å². The van der Waals surface area contributed by atoms with Crippen LogP contribution >= 0.6 is 0 Å². The van der Waals surface area contributed by atoms with Gasteiger partial charge < -0.3 is 15.0 Å². The Morgan fingerprint density at radius 1 is 1.19 bits per heavy atom. The lowest BCUT2D eigenvalue weighted by Crippen LogP contribution is -2.19. The van der Waals surface area contributed by atoms with E-state index >= 15 is 0 Å². The van der Waals surface area contributed by atoms with Gasteiger partial charge in [0.15, 0.2) is 0 Å². The van der Waals surface area contributed by atoms with Gasteiger partial charge in [0.25, 0.3) is 11.6 Å². The predicted molar refractivity (Wildman–Crippen MR) is 105 cm³/mol. The molecular weight excluding hydrogens is 346 g/mol. The molecule has 1 aliphatic rings. The number of nitro groups is 1. The van der Waals surface area contributed by atoms with Crippen molar-refractivity contribution in [3.63, 3.8) is 0 Å². The zero-order chi connectivity index (χ0) is 19.4. The molecule has 1 saturated carbocycles. The summed E-state index contributed by atoms with van der Waals surface area (Å²) in [6.07, 6.45) is 4.70. The van der Waals surface area contributed by atoms with Gasteiger partial charge in [0.1, 0.15) is 5.75 Å². The lowest BCUT2D eigenvalue weighted by atomic mass is 10.1. The van der Waals surface area contributed by atoms with Crippen molar-refractivity contribution in [2.45, 2.75) is 31.8 Å². The number of rotatable bonds is 6. The predicted octanol–water partition coefficient (Wildman–Crippen LogP) is 4.23. The fraction of sp³-hybridized carbons (Fsp3) is 0.350. The molecule has 0 unspecified atom stereocenters. The van der Waals surface area contributed by atoms with Crippen LogP contribution < -0.4 is 15.0 Å². The van der Waals surface area contributed by atoms with Crippen molar-refractivity contribution in [2.24, 2.45) is 0 Å². The van der Waals surface area contributed by atoms with E-state index in [-0.39, 0.29) is 17.4 Å². The minimum absolute atomic E-state index is 0.121. The Bertz CT molecular complexity index is 845. The standard InChI is InChI=1S/C20H23N3O4/c1-22(2)19-11-10-15(23(25)26)13-18(19)20(24)21-14-6-5-9-17(12-14)27-16-7-3-4-8-16/h5-6,9-13,16H,3-4,7-8H2,1-2H3,(H,21,24). The van der Waals surface area contributed by atoms with Crippen LogP contribution in [0, 0.1) is 10.1 Å². The Labute approximate surface area is 158 Å². The fourth-order valence-electron chi connectivity index (χ4n) is 3.25. The first-order chi connectivity index (χ1) is 12.9. The number of nitro benzene ring substituents is 1. The third-order valence-corrected chi connectivity index (χ3v) is 4.61. The van der Waals surface area contributed by atoms with E-state index in [0.717, 1.165) is 12.8 Å². The summed E-state index contributed by atoms with van der Waals surface area (Å²) in [6.45, 7) is 0. The number of amides is 1. The first kappa shape index (κ1) is 18.7. The smallest absolute Gasteiger partial charge is 0.270 e. The number of nitrogens with one attached hydrogen (secondary N) is 1. The van der Waals surface area contributed by atoms with Crippen molar-refractivity contribution in [1.82, 2.24) is 0 Å². The SMILES string of the molecule is CN(C)c1ccc([N+](=O)[O-])cc1C(=O)Nc1cccc(OC2CCCC2)c1. The van der Waals surface area contributed by atoms with E-state index in [0.29, 0.717) is 17.1 Å². The number of benzene rings is 2. The third kappa shape index (κ3) is 4.55. The van der Waals surface area contributed by atoms with Crippen molar-refractivity contribution in [3.05, 3.63) is 58.1 Å². The van der Waals surface area contributed by atoms with Crippen LogP contribution in [0.1, 0.15) is 36.0 Å². The number of non-ortho nitro benzene ring substituents is 1. The van der Waals surface area contributed by atoms with Gasteiger partial charge in [0.05, 0.1) is 16.6 Å². The highest BCUT2D eigenvalue weighted by Crippen LogP contribution is 2.28. The monoisotopic (exact) mass is 369 g/mol. The van der Waals surface area contributed by atoms with Crippen LogP contribution in [0.15, 0.2) is 42.5 Å². The van der Waals surface area contributed by atoms with E-state index in [9.17, 15) is 14.9 Å². The molecular formula is C20H23N3O4. The van der Waals surface area contributed by atoms with Gasteiger partial charge in [0, 0.05) is 43.7 Å². The van der Waals surface area contributed by atoms with Crippen LogP contribution in [-0.4, -0.2) is 31.0 Å². The molecule has 0 radical (unpaired) electrons. The second kappa shape index (κ2) is 8.07. The molecule has 3 rings (SSSR count). The number of anilines is 2. The molecule has 0 bridgehead atoms. The van der Waals surface area contributed by atoms with Crippen molar-refractivity contribution in [3.8, 4) is 5.75 Å². The highest BCUT2D eigenvalue weighted by molar-refractivity contribution is 6.08. The first-order valence-corrected chi connectivity index (χ1v) is 8.98. The summed E-state index contributed by atoms with van der Waals surface area (Å²) in [7, 11) is 3.57. The summed E-state index contributed by atoms with van der Waals surface area (Å²) in [6, 6.07) is 11.5. The minimum Gasteiger partial charge on any atom is -0.490 e. The zero-order valence-corrected chi connectivity index (χ0v) is 15.5. The highest BCUT2D eigenvalue weighted by Gasteiger charge is 2.19. The maximum absolute atomic E-state index is 12.8. The first-order valence-electron chi connectivity index (χ1n) is 8.98. The number of carbonyl (C=O) groups excluding carboxylic acids is 1. The number of hydrogen-bond donors (Lipinski definition) is 1. The molecule has 0 heterocycles. The molecule has 1 N–H and O–H groups in total. The van der Waals surface area contributed by atoms with Gasteiger partial charge in [-0.1, -0.05) is 6.07 Å². The van der Waals surface area contributed by atoms with Crippen LogP contribution in [0.25, 0.3) is 0 Å². The van der Waals surface area contributed by atoms with Gasteiger partial charge in [-0.15, -0.1) is 0 Å². The molecule has 0 atom stereocenters. The summed E-state index contributed by atoms with van der Waals surface area (Å²) < 4.78 is 5.97. The minimum atomic E-state index is -0.508. The van der Waals surface area contributed by atoms with E-state index in [1.165, 1.54) is 25.0 Å². The molecule has 2 aromatic rings. The summed E-state index contributed by atoms with van der Waals surface area (Å²) >= 11 is 0. The summed E-state index contributed by atoms with van der Waals surface area (Å²) in [5.41, 5.74) is 1.32. The van der Waals surface area contributed by atoms with Crippen LogP contribution in [-0.2, 0) is 0 Å². The number of carbonyl (C=O) groups is 1. The molecule has 27 heavy (non-hydrogen) atoms. The molecule has 1 fully saturated rings. The molecule has 0 spiro atoms. The second-order valence-electron chi connectivity index (χ2n) is 6.86. The molecule has 0 aliphatic heterocycles. The Kier molecular flexibility index (Phi) is 5.59. The Hall–Kier alpha value is -3.09. The number of nitrogens with zero attached hydrogens (tertiary/aromatic N) is 2. The lowest BCUT2D eigenvalue weighted by Gasteiger charge is -2.17. The van der Waals surface area contributed by atoms with E-state index in [1.54, 1.807) is 37.2 Å². The van der Waals surface area contributed by atoms with E-state index < -0.39 is 10.8 Å². The van der Waals surface area contributed by atoms with Crippen LogP contribution in [0.5, 0.6) is 5.75 Å². The van der Waals surface area contributed by atoms with Crippen molar-refractivity contribution >= 4 is 23.0 Å².